The lowest BCUT2D eigenvalue weighted by Gasteiger charge is -2.29. The molecule has 2 N–H and O–H groups in total. The molecule has 0 saturated heterocycles. The maximum atomic E-state index is 10.6. The van der Waals surface area contributed by atoms with Crippen molar-refractivity contribution in [2.75, 3.05) is 5.32 Å². The van der Waals surface area contributed by atoms with Crippen LogP contribution in [0.15, 0.2) is 47.3 Å². The number of nitrogens with one attached hydrogen (secondary N) is 1. The fourth-order valence-electron chi connectivity index (χ4n) is 2.39. The molecule has 0 radical (unpaired) electrons. The Morgan fingerprint density at radius 1 is 1.35 bits per heavy atom. The lowest BCUT2D eigenvalue weighted by molar-refractivity contribution is 0.0376. The summed E-state index contributed by atoms with van der Waals surface area (Å²) in [5.74, 6) is 0. The van der Waals surface area contributed by atoms with Crippen molar-refractivity contribution < 1.29 is 9.52 Å². The van der Waals surface area contributed by atoms with Crippen LogP contribution in [0.5, 0.6) is 0 Å². The molecule has 3 nitrogen and oxygen atoms in total. The molecule has 3 rings (SSSR count). The van der Waals surface area contributed by atoms with Gasteiger partial charge in [-0.1, -0.05) is 18.2 Å². The van der Waals surface area contributed by atoms with Gasteiger partial charge in [0.15, 0.2) is 0 Å². The SMILES string of the molecule is CC(O)(c1ccoc1)C1Cc2ccccc2N1. The monoisotopic (exact) mass is 229 g/mol. The van der Waals surface area contributed by atoms with Crippen LogP contribution in [0.2, 0.25) is 0 Å². The predicted octanol–water partition coefficient (Wildman–Crippen LogP) is 2.52. The first-order valence-corrected chi connectivity index (χ1v) is 5.77. The summed E-state index contributed by atoms with van der Waals surface area (Å²) in [6.07, 6.45) is 4.02. The summed E-state index contributed by atoms with van der Waals surface area (Å²) in [5, 5.41) is 14.0. The summed E-state index contributed by atoms with van der Waals surface area (Å²) in [6, 6.07) is 9.95. The smallest absolute Gasteiger partial charge is 0.110 e. The van der Waals surface area contributed by atoms with Gasteiger partial charge in [0.25, 0.3) is 0 Å². The van der Waals surface area contributed by atoms with Crippen LogP contribution in [-0.2, 0) is 12.0 Å². The van der Waals surface area contributed by atoms with Crippen LogP contribution in [0, 0.1) is 0 Å². The Labute approximate surface area is 100 Å². The Hall–Kier alpha value is -1.74. The Bertz CT molecular complexity index is 492. The van der Waals surface area contributed by atoms with E-state index in [1.165, 1.54) is 5.56 Å². The quantitative estimate of drug-likeness (QED) is 0.831. The van der Waals surface area contributed by atoms with E-state index in [2.05, 4.69) is 11.4 Å². The second kappa shape index (κ2) is 3.64. The van der Waals surface area contributed by atoms with Gasteiger partial charge in [0, 0.05) is 11.3 Å². The van der Waals surface area contributed by atoms with Gasteiger partial charge >= 0.3 is 0 Å². The molecule has 1 aliphatic rings. The highest BCUT2D eigenvalue weighted by Gasteiger charge is 2.38. The van der Waals surface area contributed by atoms with Crippen molar-refractivity contribution in [1.29, 1.82) is 0 Å². The van der Waals surface area contributed by atoms with Gasteiger partial charge in [-0.25, -0.2) is 0 Å². The Balaban J connectivity index is 1.89. The molecule has 1 aromatic heterocycles. The summed E-state index contributed by atoms with van der Waals surface area (Å²) < 4.78 is 5.05. The molecule has 88 valence electrons. The van der Waals surface area contributed by atoms with E-state index in [4.69, 9.17) is 4.42 Å². The van der Waals surface area contributed by atoms with Gasteiger partial charge in [-0.05, 0) is 31.0 Å². The second-order valence-corrected chi connectivity index (χ2v) is 4.72. The molecule has 0 aliphatic carbocycles. The standard InChI is InChI=1S/C14H15NO2/c1-14(16,11-6-7-17-9-11)13-8-10-4-2-3-5-12(10)15-13/h2-7,9,13,15-16H,8H2,1H3. The van der Waals surface area contributed by atoms with Crippen molar-refractivity contribution >= 4 is 5.69 Å². The van der Waals surface area contributed by atoms with Crippen molar-refractivity contribution in [3.63, 3.8) is 0 Å². The van der Waals surface area contributed by atoms with Crippen molar-refractivity contribution in [1.82, 2.24) is 0 Å². The van der Waals surface area contributed by atoms with E-state index in [0.29, 0.717) is 0 Å². The molecule has 2 aromatic rings. The van der Waals surface area contributed by atoms with Crippen molar-refractivity contribution in [3.8, 4) is 0 Å². The van der Waals surface area contributed by atoms with Crippen LogP contribution in [-0.4, -0.2) is 11.1 Å². The molecular formula is C14H15NO2. The van der Waals surface area contributed by atoms with Gasteiger partial charge in [-0.2, -0.15) is 0 Å². The van der Waals surface area contributed by atoms with Crippen molar-refractivity contribution in [2.45, 2.75) is 25.0 Å². The van der Waals surface area contributed by atoms with E-state index in [9.17, 15) is 5.11 Å². The Kier molecular flexibility index (Phi) is 2.23. The molecule has 1 aliphatic heterocycles. The fraction of sp³-hybridized carbons (Fsp3) is 0.286. The minimum Gasteiger partial charge on any atom is -0.472 e. The van der Waals surface area contributed by atoms with E-state index < -0.39 is 5.60 Å². The van der Waals surface area contributed by atoms with E-state index in [-0.39, 0.29) is 6.04 Å². The number of furan rings is 1. The lowest BCUT2D eigenvalue weighted by Crippen LogP contribution is -2.40. The first kappa shape index (κ1) is 10.4. The molecule has 3 heteroatoms. The summed E-state index contributed by atoms with van der Waals surface area (Å²) in [7, 11) is 0. The first-order chi connectivity index (χ1) is 8.18. The molecule has 0 fully saturated rings. The molecular weight excluding hydrogens is 214 g/mol. The van der Waals surface area contributed by atoms with Crippen LogP contribution in [0.25, 0.3) is 0 Å². The fourth-order valence-corrected chi connectivity index (χ4v) is 2.39. The Morgan fingerprint density at radius 2 is 2.18 bits per heavy atom. The summed E-state index contributed by atoms with van der Waals surface area (Å²) >= 11 is 0. The first-order valence-electron chi connectivity index (χ1n) is 5.77. The normalized spacial score (nSPS) is 21.6. The zero-order chi connectivity index (χ0) is 11.9. The van der Waals surface area contributed by atoms with Gasteiger partial charge in [0.2, 0.25) is 0 Å². The third-order valence-corrected chi connectivity index (χ3v) is 3.56. The number of aliphatic hydroxyl groups is 1. The maximum absolute atomic E-state index is 10.6. The molecule has 1 aromatic carbocycles. The minimum atomic E-state index is -0.925. The van der Waals surface area contributed by atoms with Crippen molar-refractivity contribution in [3.05, 3.63) is 54.0 Å². The zero-order valence-corrected chi connectivity index (χ0v) is 9.68. The van der Waals surface area contributed by atoms with Crippen LogP contribution in [0.3, 0.4) is 0 Å². The lowest BCUT2D eigenvalue weighted by atomic mass is 9.88. The Morgan fingerprint density at radius 3 is 2.88 bits per heavy atom. The van der Waals surface area contributed by atoms with Gasteiger partial charge < -0.3 is 14.8 Å². The number of hydrogen-bond acceptors (Lipinski definition) is 3. The zero-order valence-electron chi connectivity index (χ0n) is 9.68. The second-order valence-electron chi connectivity index (χ2n) is 4.72. The minimum absolute atomic E-state index is 0.0162. The van der Waals surface area contributed by atoms with Gasteiger partial charge in [0.1, 0.15) is 5.60 Å². The van der Waals surface area contributed by atoms with Crippen molar-refractivity contribution in [2.24, 2.45) is 0 Å². The molecule has 17 heavy (non-hydrogen) atoms. The molecule has 2 atom stereocenters. The number of anilines is 1. The predicted molar refractivity (Wildman–Crippen MR) is 65.8 cm³/mol. The number of fused-ring (bicyclic) bond motifs is 1. The van der Waals surface area contributed by atoms with Gasteiger partial charge in [-0.3, -0.25) is 0 Å². The molecule has 0 saturated carbocycles. The maximum Gasteiger partial charge on any atom is 0.110 e. The number of rotatable bonds is 2. The summed E-state index contributed by atoms with van der Waals surface area (Å²) in [6.45, 7) is 1.82. The summed E-state index contributed by atoms with van der Waals surface area (Å²) in [4.78, 5) is 0. The van der Waals surface area contributed by atoms with Gasteiger partial charge in [-0.15, -0.1) is 0 Å². The van der Waals surface area contributed by atoms with E-state index in [1.807, 2.05) is 31.2 Å². The van der Waals surface area contributed by atoms with E-state index >= 15 is 0 Å². The van der Waals surface area contributed by atoms with Crippen LogP contribution >= 0.6 is 0 Å². The van der Waals surface area contributed by atoms with E-state index in [0.717, 1.165) is 17.7 Å². The highest BCUT2D eigenvalue weighted by molar-refractivity contribution is 5.57. The molecule has 2 unspecified atom stereocenters. The summed E-state index contributed by atoms with van der Waals surface area (Å²) in [5.41, 5.74) is 2.25. The number of hydrogen-bond donors (Lipinski definition) is 2. The molecule has 2 heterocycles. The van der Waals surface area contributed by atoms with Crippen LogP contribution in [0.4, 0.5) is 5.69 Å². The molecule has 0 amide bonds. The highest BCUT2D eigenvalue weighted by Crippen LogP contribution is 2.35. The third kappa shape index (κ3) is 1.63. The van der Waals surface area contributed by atoms with Crippen LogP contribution in [0.1, 0.15) is 18.1 Å². The van der Waals surface area contributed by atoms with Gasteiger partial charge in [0.05, 0.1) is 18.6 Å². The number of para-hydroxylation sites is 1. The molecule has 0 bridgehead atoms. The van der Waals surface area contributed by atoms with Crippen LogP contribution < -0.4 is 5.32 Å². The topological polar surface area (TPSA) is 45.4 Å². The largest absolute Gasteiger partial charge is 0.472 e. The highest BCUT2D eigenvalue weighted by atomic mass is 16.3. The molecule has 0 spiro atoms. The average molecular weight is 229 g/mol. The average Bonchev–Trinajstić information content (AvgIpc) is 2.98. The number of benzene rings is 1. The third-order valence-electron chi connectivity index (χ3n) is 3.56. The van der Waals surface area contributed by atoms with E-state index in [1.54, 1.807) is 12.5 Å².